The number of rotatable bonds is 5. The number of nitrogens with one attached hydrogen (secondary N) is 1. The third-order valence-corrected chi connectivity index (χ3v) is 5.10. The van der Waals surface area contributed by atoms with Crippen LogP contribution in [0.25, 0.3) is 0 Å². The molecule has 1 saturated heterocycles. The van der Waals surface area contributed by atoms with E-state index in [0.717, 1.165) is 38.4 Å². The second-order valence-electron chi connectivity index (χ2n) is 6.66. The van der Waals surface area contributed by atoms with Crippen LogP contribution >= 0.6 is 0 Å². The van der Waals surface area contributed by atoms with Crippen LogP contribution in [0, 0.1) is 5.92 Å². The van der Waals surface area contributed by atoms with Crippen molar-refractivity contribution in [1.82, 2.24) is 14.9 Å². The van der Waals surface area contributed by atoms with E-state index in [9.17, 15) is 4.79 Å². The van der Waals surface area contributed by atoms with Crippen LogP contribution in [0.4, 0.5) is 5.82 Å². The van der Waals surface area contributed by atoms with Crippen LogP contribution in [0.2, 0.25) is 0 Å². The molecule has 1 aromatic heterocycles. The molecular weight excluding hydrogens is 288 g/mol. The van der Waals surface area contributed by atoms with Crippen LogP contribution in [-0.4, -0.2) is 35.2 Å². The Morgan fingerprint density at radius 2 is 2.09 bits per heavy atom. The van der Waals surface area contributed by atoms with E-state index in [1.165, 1.54) is 19.3 Å². The molecule has 126 valence electrons. The monoisotopic (exact) mass is 316 g/mol. The summed E-state index contributed by atoms with van der Waals surface area (Å²) in [5.41, 5.74) is 0.0374. The van der Waals surface area contributed by atoms with Crippen molar-refractivity contribution in [3.8, 4) is 0 Å². The molecule has 0 aromatic carbocycles. The van der Waals surface area contributed by atoms with Gasteiger partial charge in [-0.25, -0.2) is 4.98 Å². The Labute approximate surface area is 138 Å². The van der Waals surface area contributed by atoms with Gasteiger partial charge in [-0.15, -0.1) is 0 Å². The van der Waals surface area contributed by atoms with Crippen molar-refractivity contribution in [1.29, 1.82) is 0 Å². The minimum atomic E-state index is 0.0374. The topological polar surface area (TPSA) is 50.2 Å². The molecule has 0 spiro atoms. The normalized spacial score (nSPS) is 22.5. The third kappa shape index (κ3) is 4.02. The average Bonchev–Trinajstić information content (AvgIpc) is 2.62. The second-order valence-corrected chi connectivity index (χ2v) is 6.66. The Bertz CT molecular complexity index is 587. The minimum absolute atomic E-state index is 0.0374. The summed E-state index contributed by atoms with van der Waals surface area (Å²) < 4.78 is 1.73. The van der Waals surface area contributed by atoms with Gasteiger partial charge in [0, 0.05) is 38.1 Å². The quantitative estimate of drug-likeness (QED) is 0.846. The fourth-order valence-corrected chi connectivity index (χ4v) is 3.57. The first-order valence-electron chi connectivity index (χ1n) is 8.96. The molecule has 5 heteroatoms. The van der Waals surface area contributed by atoms with E-state index in [1.54, 1.807) is 17.0 Å². The summed E-state index contributed by atoms with van der Waals surface area (Å²) in [5.74, 6) is 1.41. The van der Waals surface area contributed by atoms with Gasteiger partial charge in [-0.1, -0.05) is 12.2 Å². The van der Waals surface area contributed by atoms with Crippen molar-refractivity contribution >= 4 is 5.82 Å². The summed E-state index contributed by atoms with van der Waals surface area (Å²) in [5, 5.41) is 3.74. The Balaban J connectivity index is 1.50. The van der Waals surface area contributed by atoms with E-state index in [4.69, 9.17) is 0 Å². The summed E-state index contributed by atoms with van der Waals surface area (Å²) >= 11 is 0. The molecular formula is C18H28N4O. The summed E-state index contributed by atoms with van der Waals surface area (Å²) in [6.07, 6.45) is 14.1. The maximum Gasteiger partial charge on any atom is 0.293 e. The molecule has 0 saturated carbocycles. The highest BCUT2D eigenvalue weighted by atomic mass is 16.1. The van der Waals surface area contributed by atoms with E-state index in [2.05, 4.69) is 27.4 Å². The predicted octanol–water partition coefficient (Wildman–Crippen LogP) is 2.18. The van der Waals surface area contributed by atoms with E-state index < -0.39 is 0 Å². The van der Waals surface area contributed by atoms with Gasteiger partial charge in [0.25, 0.3) is 5.56 Å². The molecule has 1 aromatic rings. The van der Waals surface area contributed by atoms with Gasteiger partial charge in [-0.3, -0.25) is 4.79 Å². The maximum atomic E-state index is 12.3. The van der Waals surface area contributed by atoms with Gasteiger partial charge < -0.3 is 14.8 Å². The Kier molecular flexibility index (Phi) is 5.49. The van der Waals surface area contributed by atoms with E-state index in [1.807, 2.05) is 6.92 Å². The van der Waals surface area contributed by atoms with Crippen molar-refractivity contribution in [2.45, 2.75) is 51.6 Å². The highest BCUT2D eigenvalue weighted by Crippen LogP contribution is 2.19. The first kappa shape index (κ1) is 16.2. The van der Waals surface area contributed by atoms with Crippen LogP contribution in [0.3, 0.4) is 0 Å². The van der Waals surface area contributed by atoms with Gasteiger partial charge in [-0.2, -0.15) is 0 Å². The second kappa shape index (κ2) is 7.77. The molecule has 0 amide bonds. The lowest BCUT2D eigenvalue weighted by Crippen LogP contribution is -2.46. The number of aryl methyl sites for hydroxylation is 1. The number of allylic oxidation sites excluding steroid dienone is 2. The molecule has 2 heterocycles. The summed E-state index contributed by atoms with van der Waals surface area (Å²) in [6, 6.07) is 0.578. The number of anilines is 1. The average molecular weight is 316 g/mol. The molecule has 0 bridgehead atoms. The molecule has 1 N–H and O–H groups in total. The standard InChI is InChI=1S/C18H28N4O/c1-2-21-13-10-19-17(18(21)23)22-11-8-16(9-12-22)20-14-15-6-4-3-5-7-15/h3-4,10,13,15-16,20H,2,5-9,11-12,14H2,1H3/t15-/m1/s1. The van der Waals surface area contributed by atoms with Crippen LogP contribution in [0.1, 0.15) is 39.0 Å². The number of hydrogen-bond donors (Lipinski definition) is 1. The maximum absolute atomic E-state index is 12.3. The molecule has 1 atom stereocenters. The smallest absolute Gasteiger partial charge is 0.293 e. The largest absolute Gasteiger partial charge is 0.352 e. The van der Waals surface area contributed by atoms with Crippen LogP contribution < -0.4 is 15.8 Å². The zero-order valence-corrected chi connectivity index (χ0v) is 14.1. The Hall–Kier alpha value is -1.62. The van der Waals surface area contributed by atoms with Gasteiger partial charge >= 0.3 is 0 Å². The van der Waals surface area contributed by atoms with Crippen LogP contribution in [-0.2, 0) is 6.54 Å². The first-order chi connectivity index (χ1) is 11.3. The highest BCUT2D eigenvalue weighted by molar-refractivity contribution is 5.36. The number of hydrogen-bond acceptors (Lipinski definition) is 4. The lowest BCUT2D eigenvalue weighted by atomic mass is 9.93. The molecule has 23 heavy (non-hydrogen) atoms. The van der Waals surface area contributed by atoms with Gasteiger partial charge in [0.15, 0.2) is 5.82 Å². The summed E-state index contributed by atoms with van der Waals surface area (Å²) in [6.45, 7) is 5.64. The lowest BCUT2D eigenvalue weighted by molar-refractivity contribution is 0.360. The molecule has 0 radical (unpaired) electrons. The van der Waals surface area contributed by atoms with Gasteiger partial charge in [0.05, 0.1) is 0 Å². The number of piperidine rings is 1. The highest BCUT2D eigenvalue weighted by Gasteiger charge is 2.22. The molecule has 5 nitrogen and oxygen atoms in total. The van der Waals surface area contributed by atoms with E-state index >= 15 is 0 Å². The van der Waals surface area contributed by atoms with Crippen molar-refractivity contribution in [3.63, 3.8) is 0 Å². The van der Waals surface area contributed by atoms with Crippen molar-refractivity contribution in [2.75, 3.05) is 24.5 Å². The van der Waals surface area contributed by atoms with Crippen molar-refractivity contribution in [2.24, 2.45) is 5.92 Å². The minimum Gasteiger partial charge on any atom is -0.352 e. The zero-order chi connectivity index (χ0) is 16.1. The SMILES string of the molecule is CCn1ccnc(N2CCC(NC[C@@H]3CC=CCC3)CC2)c1=O. The molecule has 0 unspecified atom stereocenters. The first-order valence-corrected chi connectivity index (χ1v) is 8.96. The van der Waals surface area contributed by atoms with E-state index in [0.29, 0.717) is 18.4 Å². The Morgan fingerprint density at radius 1 is 1.26 bits per heavy atom. The van der Waals surface area contributed by atoms with Crippen molar-refractivity contribution in [3.05, 3.63) is 34.9 Å². The predicted molar refractivity (Wildman–Crippen MR) is 93.9 cm³/mol. The summed E-state index contributed by atoms with van der Waals surface area (Å²) in [4.78, 5) is 18.8. The van der Waals surface area contributed by atoms with Crippen LogP contribution in [0.5, 0.6) is 0 Å². The fourth-order valence-electron chi connectivity index (χ4n) is 3.57. The Morgan fingerprint density at radius 3 is 2.78 bits per heavy atom. The molecule has 3 rings (SSSR count). The molecule has 2 aliphatic rings. The lowest BCUT2D eigenvalue weighted by Gasteiger charge is -2.33. The number of nitrogens with zero attached hydrogens (tertiary/aromatic N) is 3. The summed E-state index contributed by atoms with van der Waals surface area (Å²) in [7, 11) is 0. The van der Waals surface area contributed by atoms with Crippen LogP contribution in [0.15, 0.2) is 29.3 Å². The van der Waals surface area contributed by atoms with Gasteiger partial charge in [0.2, 0.25) is 0 Å². The van der Waals surface area contributed by atoms with Gasteiger partial charge in [0.1, 0.15) is 0 Å². The molecule has 1 aliphatic heterocycles. The molecule has 1 fully saturated rings. The number of aromatic nitrogens is 2. The van der Waals surface area contributed by atoms with Gasteiger partial charge in [-0.05, 0) is 51.5 Å². The van der Waals surface area contributed by atoms with Crippen molar-refractivity contribution < 1.29 is 0 Å². The fraction of sp³-hybridized carbons (Fsp3) is 0.667. The third-order valence-electron chi connectivity index (χ3n) is 5.10. The molecule has 1 aliphatic carbocycles. The zero-order valence-electron chi connectivity index (χ0n) is 14.1. The van der Waals surface area contributed by atoms with E-state index in [-0.39, 0.29) is 5.56 Å².